The number of nitrogens with zero attached hydrogens (tertiary/aromatic N) is 1. The van der Waals surface area contributed by atoms with Crippen LogP contribution in [0.4, 0.5) is 0 Å². The summed E-state index contributed by atoms with van der Waals surface area (Å²) in [5, 5.41) is 10.4. The van der Waals surface area contributed by atoms with Crippen LogP contribution in [-0.4, -0.2) is 35.1 Å². The van der Waals surface area contributed by atoms with E-state index in [9.17, 15) is 9.90 Å². The van der Waals surface area contributed by atoms with Crippen molar-refractivity contribution in [2.75, 3.05) is 13.6 Å². The largest absolute Gasteiger partial charge is 0.389 e. The van der Waals surface area contributed by atoms with E-state index in [1.807, 2.05) is 24.3 Å². The standard InChI is InChI=1S/C15H22ClNO2/c1-15(2,19)11-17(3)14(18)6-4-5-12-7-9-13(16)10-8-12/h7-10,19H,4-6,11H2,1-3H3. The van der Waals surface area contributed by atoms with E-state index in [4.69, 9.17) is 11.6 Å². The van der Waals surface area contributed by atoms with Gasteiger partial charge in [-0.3, -0.25) is 4.79 Å². The molecule has 0 aromatic heterocycles. The smallest absolute Gasteiger partial charge is 0.222 e. The maximum Gasteiger partial charge on any atom is 0.222 e. The van der Waals surface area contributed by atoms with Gasteiger partial charge in [-0.25, -0.2) is 0 Å². The third-order valence-electron chi connectivity index (χ3n) is 2.82. The number of carbonyl (C=O) groups excluding carboxylic acids is 1. The number of likely N-dealkylation sites (N-methyl/N-ethyl adjacent to an activating group) is 1. The van der Waals surface area contributed by atoms with E-state index in [0.717, 1.165) is 17.9 Å². The highest BCUT2D eigenvalue weighted by Gasteiger charge is 2.18. The molecule has 19 heavy (non-hydrogen) atoms. The number of halogens is 1. The Morgan fingerprint density at radius 3 is 2.42 bits per heavy atom. The molecule has 0 saturated heterocycles. The van der Waals surface area contributed by atoms with Gasteiger partial charge < -0.3 is 10.0 Å². The van der Waals surface area contributed by atoms with Crippen LogP contribution >= 0.6 is 11.6 Å². The molecule has 0 saturated carbocycles. The van der Waals surface area contributed by atoms with E-state index in [1.165, 1.54) is 5.56 Å². The van der Waals surface area contributed by atoms with Crippen molar-refractivity contribution < 1.29 is 9.90 Å². The number of aryl methyl sites for hydroxylation is 1. The maximum atomic E-state index is 11.9. The molecule has 3 nitrogen and oxygen atoms in total. The van der Waals surface area contributed by atoms with Crippen molar-refractivity contribution in [2.24, 2.45) is 0 Å². The summed E-state index contributed by atoms with van der Waals surface area (Å²) in [5.41, 5.74) is 0.336. The second-order valence-corrected chi connectivity index (χ2v) is 5.98. The SMILES string of the molecule is CN(CC(C)(C)O)C(=O)CCCc1ccc(Cl)cc1. The van der Waals surface area contributed by atoms with E-state index in [0.29, 0.717) is 13.0 Å². The number of hydrogen-bond acceptors (Lipinski definition) is 2. The lowest BCUT2D eigenvalue weighted by Crippen LogP contribution is -2.39. The van der Waals surface area contributed by atoms with Crippen molar-refractivity contribution in [3.63, 3.8) is 0 Å². The van der Waals surface area contributed by atoms with Crippen LogP contribution in [0.1, 0.15) is 32.3 Å². The van der Waals surface area contributed by atoms with Crippen LogP contribution in [0.3, 0.4) is 0 Å². The Kier molecular flexibility index (Phi) is 5.83. The Hall–Kier alpha value is -1.06. The first-order valence-corrected chi connectivity index (χ1v) is 6.86. The van der Waals surface area contributed by atoms with Crippen LogP contribution in [-0.2, 0) is 11.2 Å². The molecular weight excluding hydrogens is 262 g/mol. The third-order valence-corrected chi connectivity index (χ3v) is 3.07. The van der Waals surface area contributed by atoms with Crippen molar-refractivity contribution in [3.8, 4) is 0 Å². The van der Waals surface area contributed by atoms with Gasteiger partial charge in [-0.1, -0.05) is 23.7 Å². The first kappa shape index (κ1) is 16.0. The minimum atomic E-state index is -0.847. The molecule has 0 aliphatic carbocycles. The molecule has 1 aromatic carbocycles. The van der Waals surface area contributed by atoms with Gasteiger partial charge in [0.25, 0.3) is 0 Å². The molecule has 0 aliphatic rings. The van der Waals surface area contributed by atoms with Gasteiger partial charge in [0.2, 0.25) is 5.91 Å². The van der Waals surface area contributed by atoms with Crippen LogP contribution < -0.4 is 0 Å². The van der Waals surface area contributed by atoms with Crippen LogP contribution in [0.2, 0.25) is 5.02 Å². The average Bonchev–Trinajstić information content (AvgIpc) is 2.29. The lowest BCUT2D eigenvalue weighted by molar-refractivity contribution is -0.132. The van der Waals surface area contributed by atoms with Gasteiger partial charge in [-0.15, -0.1) is 0 Å². The summed E-state index contributed by atoms with van der Waals surface area (Å²) in [7, 11) is 1.72. The van der Waals surface area contributed by atoms with E-state index in [-0.39, 0.29) is 5.91 Å². The van der Waals surface area contributed by atoms with Crippen molar-refractivity contribution in [3.05, 3.63) is 34.9 Å². The molecule has 0 aliphatic heterocycles. The molecule has 0 unspecified atom stereocenters. The quantitative estimate of drug-likeness (QED) is 0.872. The monoisotopic (exact) mass is 283 g/mol. The number of aliphatic hydroxyl groups is 1. The summed E-state index contributed by atoms with van der Waals surface area (Å²) in [6, 6.07) is 7.68. The Labute approximate surface area is 120 Å². The maximum absolute atomic E-state index is 11.9. The third kappa shape index (κ3) is 6.60. The number of rotatable bonds is 6. The van der Waals surface area contributed by atoms with Crippen LogP contribution in [0.5, 0.6) is 0 Å². The molecule has 1 amide bonds. The molecule has 1 rings (SSSR count). The van der Waals surface area contributed by atoms with Gasteiger partial charge in [-0.05, 0) is 44.4 Å². The topological polar surface area (TPSA) is 40.5 Å². The minimum absolute atomic E-state index is 0.0658. The van der Waals surface area contributed by atoms with Gasteiger partial charge in [0.1, 0.15) is 0 Å². The molecule has 1 N–H and O–H groups in total. The summed E-state index contributed by atoms with van der Waals surface area (Å²) >= 11 is 5.81. The summed E-state index contributed by atoms with van der Waals surface area (Å²) in [6.07, 6.45) is 2.16. The Morgan fingerprint density at radius 2 is 1.89 bits per heavy atom. The summed E-state index contributed by atoms with van der Waals surface area (Å²) < 4.78 is 0. The lowest BCUT2D eigenvalue weighted by Gasteiger charge is -2.25. The Balaban J connectivity index is 2.32. The molecule has 0 bridgehead atoms. The van der Waals surface area contributed by atoms with Crippen molar-refractivity contribution >= 4 is 17.5 Å². The highest BCUT2D eigenvalue weighted by atomic mass is 35.5. The highest BCUT2D eigenvalue weighted by Crippen LogP contribution is 2.12. The zero-order valence-electron chi connectivity index (χ0n) is 11.8. The van der Waals surface area contributed by atoms with Crippen LogP contribution in [0.15, 0.2) is 24.3 Å². The van der Waals surface area contributed by atoms with Gasteiger partial charge >= 0.3 is 0 Å². The second kappa shape index (κ2) is 6.92. The number of benzene rings is 1. The molecule has 106 valence electrons. The van der Waals surface area contributed by atoms with Crippen molar-refractivity contribution in [1.82, 2.24) is 4.90 Å². The predicted molar refractivity (Wildman–Crippen MR) is 78.3 cm³/mol. The van der Waals surface area contributed by atoms with Crippen molar-refractivity contribution in [1.29, 1.82) is 0 Å². The van der Waals surface area contributed by atoms with Gasteiger partial charge in [0.05, 0.1) is 5.60 Å². The van der Waals surface area contributed by atoms with Crippen LogP contribution in [0.25, 0.3) is 0 Å². The van der Waals surface area contributed by atoms with E-state index in [2.05, 4.69) is 0 Å². The number of carbonyl (C=O) groups is 1. The zero-order chi connectivity index (χ0) is 14.5. The summed E-state index contributed by atoms with van der Waals surface area (Å²) in [5.74, 6) is 0.0658. The number of hydrogen-bond donors (Lipinski definition) is 1. The predicted octanol–water partition coefficient (Wildman–Crippen LogP) is 2.89. The molecule has 1 aromatic rings. The lowest BCUT2D eigenvalue weighted by atomic mass is 10.1. The van der Waals surface area contributed by atoms with E-state index in [1.54, 1.807) is 25.8 Å². The first-order chi connectivity index (χ1) is 8.78. The van der Waals surface area contributed by atoms with Gasteiger partial charge in [0, 0.05) is 25.0 Å². The molecule has 4 heteroatoms. The molecule has 0 atom stereocenters. The Bertz CT molecular complexity index is 409. The second-order valence-electron chi connectivity index (χ2n) is 5.54. The van der Waals surface area contributed by atoms with Crippen LogP contribution in [0, 0.1) is 0 Å². The van der Waals surface area contributed by atoms with Crippen molar-refractivity contribution in [2.45, 2.75) is 38.7 Å². The summed E-state index contributed by atoms with van der Waals surface area (Å²) in [4.78, 5) is 13.4. The van der Waals surface area contributed by atoms with E-state index >= 15 is 0 Å². The Morgan fingerprint density at radius 1 is 1.32 bits per heavy atom. The molecule has 0 radical (unpaired) electrons. The molecular formula is C15H22ClNO2. The zero-order valence-corrected chi connectivity index (χ0v) is 12.6. The number of amides is 1. The minimum Gasteiger partial charge on any atom is -0.389 e. The average molecular weight is 284 g/mol. The fourth-order valence-electron chi connectivity index (χ4n) is 1.95. The fourth-order valence-corrected chi connectivity index (χ4v) is 2.08. The fraction of sp³-hybridized carbons (Fsp3) is 0.533. The van der Waals surface area contributed by atoms with E-state index < -0.39 is 5.60 Å². The highest BCUT2D eigenvalue weighted by molar-refractivity contribution is 6.30. The molecule has 0 fully saturated rings. The molecule has 0 heterocycles. The molecule has 0 spiro atoms. The normalized spacial score (nSPS) is 11.4. The summed E-state index contributed by atoms with van der Waals surface area (Å²) in [6.45, 7) is 3.75. The first-order valence-electron chi connectivity index (χ1n) is 6.49. The van der Waals surface area contributed by atoms with Gasteiger partial charge in [-0.2, -0.15) is 0 Å². The van der Waals surface area contributed by atoms with Gasteiger partial charge in [0.15, 0.2) is 0 Å².